The third-order valence-corrected chi connectivity index (χ3v) is 5.76. The summed E-state index contributed by atoms with van der Waals surface area (Å²) in [5, 5.41) is 3.02. The number of hydrogen-bond acceptors (Lipinski definition) is 5. The number of aromatic nitrogens is 2. The maximum absolute atomic E-state index is 13.0. The van der Waals surface area contributed by atoms with Gasteiger partial charge in [-0.05, 0) is 29.7 Å². The van der Waals surface area contributed by atoms with Crippen molar-refractivity contribution >= 4 is 11.8 Å². The van der Waals surface area contributed by atoms with Gasteiger partial charge in [0.15, 0.2) is 0 Å². The molecule has 0 radical (unpaired) electrons. The molecule has 0 atom stereocenters. The van der Waals surface area contributed by atoms with Crippen molar-refractivity contribution < 1.29 is 14.0 Å². The van der Waals surface area contributed by atoms with Crippen LogP contribution in [0.5, 0.6) is 0 Å². The number of rotatable bonds is 11. The predicted octanol–water partition coefficient (Wildman–Crippen LogP) is 4.44. The van der Waals surface area contributed by atoms with Crippen LogP contribution in [0.25, 0.3) is 0 Å². The third-order valence-electron chi connectivity index (χ3n) is 5.76. The van der Waals surface area contributed by atoms with Crippen LogP contribution in [0.2, 0.25) is 0 Å². The van der Waals surface area contributed by atoms with Crippen molar-refractivity contribution in [2.45, 2.75) is 25.3 Å². The molecule has 0 fully saturated rings. The summed E-state index contributed by atoms with van der Waals surface area (Å²) in [6.45, 7) is 1.02. The molecular formula is C28H28N4O3. The Hall–Kier alpha value is -4.26. The molecule has 7 heteroatoms. The van der Waals surface area contributed by atoms with Crippen molar-refractivity contribution in [3.05, 3.63) is 120 Å². The van der Waals surface area contributed by atoms with Gasteiger partial charge >= 0.3 is 0 Å². The average molecular weight is 469 g/mol. The van der Waals surface area contributed by atoms with Crippen LogP contribution in [-0.4, -0.2) is 39.8 Å². The molecule has 0 aliphatic heterocycles. The molecule has 0 saturated carbocycles. The summed E-state index contributed by atoms with van der Waals surface area (Å²) in [5.74, 6) is 0.416. The highest BCUT2D eigenvalue weighted by atomic mass is 16.3. The second-order valence-corrected chi connectivity index (χ2v) is 8.16. The van der Waals surface area contributed by atoms with Crippen molar-refractivity contribution in [2.75, 3.05) is 13.1 Å². The molecule has 0 saturated heterocycles. The Morgan fingerprint density at radius 3 is 2.23 bits per heavy atom. The maximum atomic E-state index is 13.0. The van der Waals surface area contributed by atoms with Crippen LogP contribution in [0.4, 0.5) is 0 Å². The Bertz CT molecular complexity index is 1140. The summed E-state index contributed by atoms with van der Waals surface area (Å²) in [6.07, 6.45) is 6.91. The lowest BCUT2D eigenvalue weighted by molar-refractivity contribution is -0.121. The van der Waals surface area contributed by atoms with E-state index in [0.717, 1.165) is 6.42 Å². The Morgan fingerprint density at radius 2 is 1.63 bits per heavy atom. The van der Waals surface area contributed by atoms with Gasteiger partial charge in [-0.2, -0.15) is 0 Å². The minimum absolute atomic E-state index is 0.110. The molecular weight excluding hydrogens is 440 g/mol. The number of hydrogen-bond donors (Lipinski definition) is 1. The number of furan rings is 1. The zero-order valence-electron chi connectivity index (χ0n) is 19.4. The van der Waals surface area contributed by atoms with E-state index in [1.165, 1.54) is 29.7 Å². The number of carbonyl (C=O) groups is 2. The van der Waals surface area contributed by atoms with Crippen LogP contribution in [0.15, 0.2) is 102 Å². The third kappa shape index (κ3) is 6.86. The summed E-state index contributed by atoms with van der Waals surface area (Å²) in [7, 11) is 0. The smallest absolute Gasteiger partial charge is 0.274 e. The fraction of sp³-hybridized carbons (Fsp3) is 0.214. The zero-order chi connectivity index (χ0) is 24.3. The van der Waals surface area contributed by atoms with E-state index < -0.39 is 0 Å². The SMILES string of the molecule is O=C(CCN(Cc1ccco1)C(=O)c1cnccn1)NCCC(c1ccccc1)c1ccccc1. The molecule has 0 spiro atoms. The molecule has 4 rings (SSSR count). The van der Waals surface area contributed by atoms with Gasteiger partial charge < -0.3 is 14.6 Å². The second kappa shape index (κ2) is 12.3. The zero-order valence-corrected chi connectivity index (χ0v) is 19.4. The Morgan fingerprint density at radius 1 is 0.914 bits per heavy atom. The quantitative estimate of drug-likeness (QED) is 0.352. The van der Waals surface area contributed by atoms with E-state index in [0.29, 0.717) is 12.3 Å². The summed E-state index contributed by atoms with van der Waals surface area (Å²) >= 11 is 0. The van der Waals surface area contributed by atoms with Crippen molar-refractivity contribution in [1.29, 1.82) is 0 Å². The number of amides is 2. The van der Waals surface area contributed by atoms with Crippen molar-refractivity contribution in [3.63, 3.8) is 0 Å². The van der Waals surface area contributed by atoms with Crippen LogP contribution in [0, 0.1) is 0 Å². The topological polar surface area (TPSA) is 88.3 Å². The van der Waals surface area contributed by atoms with Gasteiger partial charge in [-0.25, -0.2) is 4.98 Å². The maximum Gasteiger partial charge on any atom is 0.274 e. The Labute approximate surface area is 204 Å². The van der Waals surface area contributed by atoms with E-state index in [4.69, 9.17) is 4.42 Å². The number of carbonyl (C=O) groups excluding carboxylic acids is 2. The monoisotopic (exact) mass is 468 g/mol. The fourth-order valence-corrected chi connectivity index (χ4v) is 3.99. The molecule has 2 aromatic carbocycles. The summed E-state index contributed by atoms with van der Waals surface area (Å²) < 4.78 is 5.40. The first-order valence-corrected chi connectivity index (χ1v) is 11.6. The lowest BCUT2D eigenvalue weighted by Crippen LogP contribution is -2.35. The van der Waals surface area contributed by atoms with Crippen molar-refractivity contribution in [3.8, 4) is 0 Å². The lowest BCUT2D eigenvalue weighted by Gasteiger charge is -2.21. The van der Waals surface area contributed by atoms with Crippen LogP contribution in [0.1, 0.15) is 46.1 Å². The Balaban J connectivity index is 1.34. The van der Waals surface area contributed by atoms with Crippen molar-refractivity contribution in [1.82, 2.24) is 20.2 Å². The van der Waals surface area contributed by atoms with E-state index in [-0.39, 0.29) is 42.9 Å². The predicted molar refractivity (Wildman–Crippen MR) is 132 cm³/mol. The molecule has 2 heterocycles. The van der Waals surface area contributed by atoms with Gasteiger partial charge in [0.25, 0.3) is 5.91 Å². The van der Waals surface area contributed by atoms with Crippen LogP contribution >= 0.6 is 0 Å². The van der Waals surface area contributed by atoms with E-state index in [1.54, 1.807) is 23.3 Å². The molecule has 1 N–H and O–H groups in total. The van der Waals surface area contributed by atoms with Crippen molar-refractivity contribution in [2.24, 2.45) is 0 Å². The molecule has 2 aromatic heterocycles. The summed E-state index contributed by atoms with van der Waals surface area (Å²) in [4.78, 5) is 35.2. The first kappa shape index (κ1) is 23.9. The summed E-state index contributed by atoms with van der Waals surface area (Å²) in [6, 6.07) is 24.2. The molecule has 178 valence electrons. The van der Waals surface area contributed by atoms with E-state index in [9.17, 15) is 9.59 Å². The van der Waals surface area contributed by atoms with Gasteiger partial charge in [-0.15, -0.1) is 0 Å². The van der Waals surface area contributed by atoms with Gasteiger partial charge in [-0.3, -0.25) is 14.6 Å². The molecule has 0 aliphatic rings. The largest absolute Gasteiger partial charge is 0.467 e. The van der Waals surface area contributed by atoms with E-state index >= 15 is 0 Å². The highest BCUT2D eigenvalue weighted by molar-refractivity contribution is 5.92. The average Bonchev–Trinajstić information content (AvgIpc) is 3.43. The Kier molecular flexibility index (Phi) is 8.37. The van der Waals surface area contributed by atoms with Gasteiger partial charge in [0.05, 0.1) is 19.0 Å². The van der Waals surface area contributed by atoms with Crippen LogP contribution in [-0.2, 0) is 11.3 Å². The molecule has 4 aromatic rings. The fourth-order valence-electron chi connectivity index (χ4n) is 3.99. The van der Waals surface area contributed by atoms with Gasteiger partial charge in [0.1, 0.15) is 11.5 Å². The van der Waals surface area contributed by atoms with Gasteiger partial charge in [0, 0.05) is 37.8 Å². The standard InChI is InChI=1S/C28H28N4O3/c33-27(31-15-13-25(22-8-3-1-4-9-22)23-10-5-2-6-11-23)14-18-32(21-24-12-7-19-35-24)28(34)26-20-29-16-17-30-26/h1-12,16-17,19-20,25H,13-15,18,21H2,(H,31,33). The van der Waals surface area contributed by atoms with Gasteiger partial charge in [-0.1, -0.05) is 60.7 Å². The van der Waals surface area contributed by atoms with Crippen LogP contribution < -0.4 is 5.32 Å². The van der Waals surface area contributed by atoms with E-state index in [1.807, 2.05) is 36.4 Å². The van der Waals surface area contributed by atoms with E-state index in [2.05, 4.69) is 39.6 Å². The number of benzene rings is 2. The molecule has 7 nitrogen and oxygen atoms in total. The minimum Gasteiger partial charge on any atom is -0.467 e. The van der Waals surface area contributed by atoms with Crippen LogP contribution in [0.3, 0.4) is 0 Å². The second-order valence-electron chi connectivity index (χ2n) is 8.16. The highest BCUT2D eigenvalue weighted by Gasteiger charge is 2.20. The molecule has 0 aliphatic carbocycles. The molecule has 0 bridgehead atoms. The molecule has 35 heavy (non-hydrogen) atoms. The minimum atomic E-state index is -0.296. The first-order valence-electron chi connectivity index (χ1n) is 11.6. The normalized spacial score (nSPS) is 10.8. The summed E-state index contributed by atoms with van der Waals surface area (Å²) in [5.41, 5.74) is 2.66. The molecule has 0 unspecified atom stereocenters. The molecule has 2 amide bonds. The first-order chi connectivity index (χ1) is 17.2. The number of nitrogens with zero attached hydrogens (tertiary/aromatic N) is 3. The lowest BCUT2D eigenvalue weighted by atomic mass is 9.88. The highest BCUT2D eigenvalue weighted by Crippen LogP contribution is 2.27. The number of nitrogens with one attached hydrogen (secondary N) is 1. The van der Waals surface area contributed by atoms with Gasteiger partial charge in [0.2, 0.25) is 5.91 Å².